The minimum absolute atomic E-state index is 0.0893. The molecule has 0 aromatic carbocycles. The van der Waals surface area contributed by atoms with Crippen LogP contribution >= 0.6 is 0 Å². The van der Waals surface area contributed by atoms with Gasteiger partial charge in [-0.25, -0.2) is 5.06 Å². The summed E-state index contributed by atoms with van der Waals surface area (Å²) in [6.45, 7) is 0. The van der Waals surface area contributed by atoms with Crippen molar-refractivity contribution >= 4 is 5.91 Å². The van der Waals surface area contributed by atoms with Gasteiger partial charge in [-0.15, -0.1) is 13.2 Å². The summed E-state index contributed by atoms with van der Waals surface area (Å²) in [7, 11) is 2.74. The van der Waals surface area contributed by atoms with Gasteiger partial charge in [-0.2, -0.15) is 0 Å². The Balaban J connectivity index is 2.29. The lowest BCUT2D eigenvalue weighted by molar-refractivity contribution is -0.353. The van der Waals surface area contributed by atoms with Crippen LogP contribution in [0, 0.1) is 5.92 Å². The van der Waals surface area contributed by atoms with E-state index >= 15 is 0 Å². The van der Waals surface area contributed by atoms with Gasteiger partial charge in [-0.1, -0.05) is 0 Å². The van der Waals surface area contributed by atoms with E-state index in [1.807, 2.05) is 0 Å². The number of carbonyl (C=O) groups excluding carboxylic acids is 1. The zero-order valence-corrected chi connectivity index (χ0v) is 8.37. The normalized spacial score (nSPS) is 25.9. The van der Waals surface area contributed by atoms with Crippen LogP contribution in [0.15, 0.2) is 0 Å². The number of nitrogens with zero attached hydrogens (tertiary/aromatic N) is 1. The van der Waals surface area contributed by atoms with Crippen LogP contribution in [0.1, 0.15) is 12.8 Å². The summed E-state index contributed by atoms with van der Waals surface area (Å²) in [6, 6.07) is 0. The number of amides is 1. The molecular formula is C8H12F3NO3. The molecule has 0 atom stereocenters. The summed E-state index contributed by atoms with van der Waals surface area (Å²) >= 11 is 0. The van der Waals surface area contributed by atoms with Crippen LogP contribution < -0.4 is 0 Å². The van der Waals surface area contributed by atoms with Gasteiger partial charge >= 0.3 is 6.36 Å². The standard InChI is InChI=1S/C8H12F3NO3/c1-12(14-2)7(13)5-3-6(4-5)15-8(9,10)11/h5-6H,3-4H2,1-2H3. The van der Waals surface area contributed by atoms with Crippen molar-refractivity contribution in [3.63, 3.8) is 0 Å². The Bertz CT molecular complexity index is 238. The first-order chi connectivity index (χ1) is 6.83. The van der Waals surface area contributed by atoms with Crippen LogP contribution in [0.2, 0.25) is 0 Å². The summed E-state index contributed by atoms with van der Waals surface area (Å²) in [4.78, 5) is 16.0. The van der Waals surface area contributed by atoms with E-state index in [9.17, 15) is 18.0 Å². The number of hydroxylamine groups is 2. The summed E-state index contributed by atoms with van der Waals surface area (Å²) < 4.78 is 39.0. The first-order valence-electron chi connectivity index (χ1n) is 4.39. The van der Waals surface area contributed by atoms with Gasteiger partial charge in [0, 0.05) is 13.0 Å². The van der Waals surface area contributed by atoms with Crippen molar-refractivity contribution in [3.05, 3.63) is 0 Å². The molecule has 15 heavy (non-hydrogen) atoms. The quantitative estimate of drug-likeness (QED) is 0.682. The largest absolute Gasteiger partial charge is 0.522 e. The number of carbonyl (C=O) groups is 1. The van der Waals surface area contributed by atoms with Gasteiger partial charge in [-0.3, -0.25) is 14.4 Å². The molecular weight excluding hydrogens is 215 g/mol. The van der Waals surface area contributed by atoms with Gasteiger partial charge in [0.1, 0.15) is 0 Å². The van der Waals surface area contributed by atoms with Crippen LogP contribution in [0.5, 0.6) is 0 Å². The zero-order chi connectivity index (χ0) is 11.6. The predicted octanol–water partition coefficient (Wildman–Crippen LogP) is 1.32. The van der Waals surface area contributed by atoms with Crippen molar-refractivity contribution in [2.24, 2.45) is 5.92 Å². The van der Waals surface area contributed by atoms with E-state index in [1.54, 1.807) is 0 Å². The summed E-state index contributed by atoms with van der Waals surface area (Å²) in [5, 5.41) is 1.01. The molecule has 0 saturated heterocycles. The van der Waals surface area contributed by atoms with Gasteiger partial charge in [0.15, 0.2) is 0 Å². The number of rotatable bonds is 3. The molecule has 0 aromatic heterocycles. The highest BCUT2D eigenvalue weighted by atomic mass is 19.4. The highest BCUT2D eigenvalue weighted by molar-refractivity contribution is 5.78. The molecule has 0 aromatic rings. The summed E-state index contributed by atoms with van der Waals surface area (Å²) in [5.74, 6) is -0.748. The Hall–Kier alpha value is -0.820. The molecule has 0 heterocycles. The molecule has 1 rings (SSSR count). The average Bonchev–Trinajstić information content (AvgIpc) is 2.06. The van der Waals surface area contributed by atoms with Crippen LogP contribution in [-0.4, -0.2) is 37.6 Å². The third-order valence-corrected chi connectivity index (χ3v) is 2.33. The van der Waals surface area contributed by atoms with Crippen molar-refractivity contribution in [1.82, 2.24) is 5.06 Å². The van der Waals surface area contributed by atoms with E-state index in [0.29, 0.717) is 0 Å². The molecule has 4 nitrogen and oxygen atoms in total. The van der Waals surface area contributed by atoms with E-state index in [-0.39, 0.29) is 18.7 Å². The minimum Gasteiger partial charge on any atom is -0.289 e. The van der Waals surface area contributed by atoms with Gasteiger partial charge in [-0.05, 0) is 12.8 Å². The fourth-order valence-corrected chi connectivity index (χ4v) is 1.40. The second-order valence-corrected chi connectivity index (χ2v) is 3.37. The molecule has 0 unspecified atom stereocenters. The highest BCUT2D eigenvalue weighted by Gasteiger charge is 2.43. The molecule has 1 fully saturated rings. The molecule has 0 spiro atoms. The number of alkyl halides is 3. The maximum atomic E-state index is 11.7. The van der Waals surface area contributed by atoms with Crippen molar-refractivity contribution < 1.29 is 27.5 Å². The molecule has 1 aliphatic rings. The first-order valence-corrected chi connectivity index (χ1v) is 4.39. The van der Waals surface area contributed by atoms with E-state index < -0.39 is 18.4 Å². The minimum atomic E-state index is -4.62. The predicted molar refractivity (Wildman–Crippen MR) is 43.4 cm³/mol. The van der Waals surface area contributed by atoms with Crippen LogP contribution in [-0.2, 0) is 14.4 Å². The Morgan fingerprint density at radius 1 is 1.40 bits per heavy atom. The molecule has 0 bridgehead atoms. The lowest BCUT2D eigenvalue weighted by Gasteiger charge is -2.35. The number of hydrogen-bond donors (Lipinski definition) is 0. The lowest BCUT2D eigenvalue weighted by atomic mass is 9.81. The van der Waals surface area contributed by atoms with Crippen LogP contribution in [0.3, 0.4) is 0 Å². The van der Waals surface area contributed by atoms with E-state index in [4.69, 9.17) is 0 Å². The Morgan fingerprint density at radius 3 is 2.33 bits per heavy atom. The number of ether oxygens (including phenoxy) is 1. The maximum absolute atomic E-state index is 11.7. The van der Waals surface area contributed by atoms with E-state index in [2.05, 4.69) is 9.57 Å². The molecule has 0 radical (unpaired) electrons. The molecule has 1 aliphatic carbocycles. The zero-order valence-electron chi connectivity index (χ0n) is 8.37. The molecule has 7 heteroatoms. The van der Waals surface area contributed by atoms with Crippen molar-refractivity contribution in [3.8, 4) is 0 Å². The Labute approximate surface area is 84.9 Å². The van der Waals surface area contributed by atoms with Crippen molar-refractivity contribution in [2.75, 3.05) is 14.2 Å². The monoisotopic (exact) mass is 227 g/mol. The lowest BCUT2D eigenvalue weighted by Crippen LogP contribution is -2.44. The third-order valence-electron chi connectivity index (χ3n) is 2.33. The van der Waals surface area contributed by atoms with Gasteiger partial charge in [0.05, 0.1) is 13.2 Å². The maximum Gasteiger partial charge on any atom is 0.522 e. The second-order valence-electron chi connectivity index (χ2n) is 3.37. The van der Waals surface area contributed by atoms with E-state index in [0.717, 1.165) is 5.06 Å². The summed E-state index contributed by atoms with van der Waals surface area (Å²) in [5.41, 5.74) is 0. The van der Waals surface area contributed by atoms with E-state index in [1.165, 1.54) is 14.2 Å². The average molecular weight is 227 g/mol. The van der Waals surface area contributed by atoms with Crippen LogP contribution in [0.4, 0.5) is 13.2 Å². The fourth-order valence-electron chi connectivity index (χ4n) is 1.40. The molecule has 1 amide bonds. The molecule has 0 aliphatic heterocycles. The summed E-state index contributed by atoms with van der Waals surface area (Å²) in [6.07, 6.45) is -5.34. The van der Waals surface area contributed by atoms with Gasteiger partial charge in [0.25, 0.3) is 0 Å². The first kappa shape index (κ1) is 12.3. The van der Waals surface area contributed by atoms with Gasteiger partial charge in [0.2, 0.25) is 5.91 Å². The Kier molecular flexibility index (Phi) is 3.56. The number of halogens is 3. The highest BCUT2D eigenvalue weighted by Crippen LogP contribution is 2.35. The topological polar surface area (TPSA) is 38.8 Å². The molecule has 0 N–H and O–H groups in total. The second kappa shape index (κ2) is 4.36. The SMILES string of the molecule is CON(C)C(=O)C1CC(OC(F)(F)F)C1. The van der Waals surface area contributed by atoms with Crippen LogP contribution in [0.25, 0.3) is 0 Å². The molecule has 1 saturated carbocycles. The smallest absolute Gasteiger partial charge is 0.289 e. The Morgan fingerprint density at radius 2 is 1.93 bits per heavy atom. The van der Waals surface area contributed by atoms with Crippen molar-refractivity contribution in [1.29, 1.82) is 0 Å². The van der Waals surface area contributed by atoms with Gasteiger partial charge < -0.3 is 0 Å². The third kappa shape index (κ3) is 3.35. The number of hydrogen-bond acceptors (Lipinski definition) is 3. The van der Waals surface area contributed by atoms with Crippen molar-refractivity contribution in [2.45, 2.75) is 25.3 Å². The fraction of sp³-hybridized carbons (Fsp3) is 0.875. The molecule has 88 valence electrons.